The smallest absolute Gasteiger partial charge is 0.326 e. The molecule has 0 radical (unpaired) electrons. The minimum absolute atomic E-state index is 0.211. The number of benzene rings is 1. The van der Waals surface area contributed by atoms with E-state index in [0.717, 1.165) is 5.56 Å². The van der Waals surface area contributed by atoms with E-state index < -0.39 is 17.9 Å². The molecule has 2 N–H and O–H groups in total. The van der Waals surface area contributed by atoms with Gasteiger partial charge < -0.3 is 10.4 Å². The predicted molar refractivity (Wildman–Crippen MR) is 78.3 cm³/mol. The summed E-state index contributed by atoms with van der Waals surface area (Å²) >= 11 is 5.64. The second kappa shape index (κ2) is 6.85. The number of nitrogens with one attached hydrogen (secondary N) is 1. The maximum atomic E-state index is 12.0. The highest BCUT2D eigenvalue weighted by Gasteiger charge is 2.21. The number of hydrogen-bond acceptors (Lipinski definition) is 3. The van der Waals surface area contributed by atoms with Gasteiger partial charge >= 0.3 is 5.97 Å². The van der Waals surface area contributed by atoms with Crippen LogP contribution in [0.25, 0.3) is 0 Å². The van der Waals surface area contributed by atoms with E-state index in [0.29, 0.717) is 0 Å². The summed E-state index contributed by atoms with van der Waals surface area (Å²) in [5, 5.41) is 12.0. The number of carbonyl (C=O) groups is 2. The normalized spacial score (nSPS) is 11.7. The van der Waals surface area contributed by atoms with Gasteiger partial charge in [-0.1, -0.05) is 41.9 Å². The molecular weight excluding hydrogens is 292 g/mol. The van der Waals surface area contributed by atoms with Crippen LogP contribution in [0.15, 0.2) is 48.7 Å². The summed E-state index contributed by atoms with van der Waals surface area (Å²) < 4.78 is 0. The molecule has 0 aliphatic rings. The SMILES string of the molecule is O=C(N[C@@H](Cc1ccccc1)C(=O)O)c1ccc(Cl)nc1. The Balaban J connectivity index is 2.07. The number of aromatic nitrogens is 1. The van der Waals surface area contributed by atoms with Crippen LogP contribution in [0.3, 0.4) is 0 Å². The zero-order valence-electron chi connectivity index (χ0n) is 11.0. The number of nitrogens with zero attached hydrogens (tertiary/aromatic N) is 1. The molecule has 108 valence electrons. The van der Waals surface area contributed by atoms with Crippen molar-refractivity contribution in [2.75, 3.05) is 0 Å². The molecule has 21 heavy (non-hydrogen) atoms. The Bertz CT molecular complexity index is 629. The topological polar surface area (TPSA) is 79.3 Å². The minimum atomic E-state index is -1.09. The van der Waals surface area contributed by atoms with Crippen LogP contribution in [0.4, 0.5) is 0 Å². The van der Waals surface area contributed by atoms with E-state index in [9.17, 15) is 14.7 Å². The number of carboxylic acid groups (broad SMARTS) is 1. The molecule has 6 heteroatoms. The van der Waals surface area contributed by atoms with E-state index in [1.807, 2.05) is 30.3 Å². The molecule has 0 bridgehead atoms. The Morgan fingerprint density at radius 2 is 1.90 bits per heavy atom. The lowest BCUT2D eigenvalue weighted by atomic mass is 10.1. The first-order chi connectivity index (χ1) is 10.1. The molecule has 1 aromatic carbocycles. The van der Waals surface area contributed by atoms with E-state index in [1.165, 1.54) is 18.3 Å². The number of rotatable bonds is 5. The average molecular weight is 305 g/mol. The van der Waals surface area contributed by atoms with Crippen molar-refractivity contribution in [1.29, 1.82) is 0 Å². The summed E-state index contributed by atoms with van der Waals surface area (Å²) in [4.78, 5) is 27.1. The average Bonchev–Trinajstić information content (AvgIpc) is 2.48. The van der Waals surface area contributed by atoms with Crippen molar-refractivity contribution in [2.24, 2.45) is 0 Å². The second-order valence-electron chi connectivity index (χ2n) is 4.42. The van der Waals surface area contributed by atoms with Crippen molar-refractivity contribution < 1.29 is 14.7 Å². The predicted octanol–water partition coefficient (Wildman–Crippen LogP) is 2.16. The van der Waals surface area contributed by atoms with Gasteiger partial charge in [0.1, 0.15) is 11.2 Å². The Morgan fingerprint density at radius 3 is 2.48 bits per heavy atom. The molecule has 2 rings (SSSR count). The third kappa shape index (κ3) is 4.29. The molecule has 1 amide bonds. The Morgan fingerprint density at radius 1 is 1.19 bits per heavy atom. The van der Waals surface area contributed by atoms with Crippen LogP contribution in [0.1, 0.15) is 15.9 Å². The molecule has 1 atom stereocenters. The molecule has 0 spiro atoms. The highest BCUT2D eigenvalue weighted by Crippen LogP contribution is 2.07. The van der Waals surface area contributed by atoms with Crippen LogP contribution in [0.5, 0.6) is 0 Å². The van der Waals surface area contributed by atoms with Gasteiger partial charge in [0.15, 0.2) is 0 Å². The number of aliphatic carboxylic acids is 1. The molecule has 1 aromatic heterocycles. The van der Waals surface area contributed by atoms with Crippen molar-refractivity contribution in [3.8, 4) is 0 Å². The van der Waals surface area contributed by atoms with Crippen LogP contribution in [-0.2, 0) is 11.2 Å². The Hall–Kier alpha value is -2.40. The summed E-state index contributed by atoms with van der Waals surface area (Å²) in [5.74, 6) is -1.59. The van der Waals surface area contributed by atoms with E-state index in [2.05, 4.69) is 10.3 Å². The molecule has 2 aromatic rings. The van der Waals surface area contributed by atoms with Gasteiger partial charge in [-0.25, -0.2) is 9.78 Å². The number of carboxylic acids is 1. The van der Waals surface area contributed by atoms with Crippen molar-refractivity contribution >= 4 is 23.5 Å². The monoisotopic (exact) mass is 304 g/mol. The first-order valence-electron chi connectivity index (χ1n) is 6.25. The Labute approximate surface area is 126 Å². The van der Waals surface area contributed by atoms with Gasteiger partial charge in [0, 0.05) is 12.6 Å². The van der Waals surface area contributed by atoms with Crippen molar-refractivity contribution in [3.05, 3.63) is 64.9 Å². The number of halogens is 1. The third-order valence-corrected chi connectivity index (χ3v) is 3.10. The zero-order valence-corrected chi connectivity index (χ0v) is 11.7. The van der Waals surface area contributed by atoms with E-state index in [4.69, 9.17) is 11.6 Å². The van der Waals surface area contributed by atoms with Gasteiger partial charge in [0.05, 0.1) is 5.56 Å². The fraction of sp³-hybridized carbons (Fsp3) is 0.133. The molecule has 0 saturated heterocycles. The van der Waals surface area contributed by atoms with Crippen LogP contribution in [0.2, 0.25) is 5.15 Å². The van der Waals surface area contributed by atoms with Gasteiger partial charge in [0.2, 0.25) is 0 Å². The summed E-state index contributed by atoms with van der Waals surface area (Å²) in [6, 6.07) is 11.1. The van der Waals surface area contributed by atoms with Crippen LogP contribution in [-0.4, -0.2) is 28.0 Å². The molecule has 0 saturated carbocycles. The lowest BCUT2D eigenvalue weighted by Gasteiger charge is -2.14. The van der Waals surface area contributed by atoms with Crippen molar-refractivity contribution in [3.63, 3.8) is 0 Å². The second-order valence-corrected chi connectivity index (χ2v) is 4.81. The number of pyridine rings is 1. The largest absolute Gasteiger partial charge is 0.480 e. The Kier molecular flexibility index (Phi) is 4.90. The van der Waals surface area contributed by atoms with Gasteiger partial charge in [0.25, 0.3) is 5.91 Å². The third-order valence-electron chi connectivity index (χ3n) is 2.88. The van der Waals surface area contributed by atoms with Crippen LogP contribution >= 0.6 is 11.6 Å². The quantitative estimate of drug-likeness (QED) is 0.830. The standard InChI is InChI=1S/C15H13ClN2O3/c16-13-7-6-11(9-17-13)14(19)18-12(15(20)21)8-10-4-2-1-3-5-10/h1-7,9,12H,8H2,(H,18,19)(H,20,21)/t12-/m0/s1. The van der Waals surface area contributed by atoms with Gasteiger partial charge in [-0.05, 0) is 17.7 Å². The van der Waals surface area contributed by atoms with Crippen molar-refractivity contribution in [2.45, 2.75) is 12.5 Å². The van der Waals surface area contributed by atoms with Gasteiger partial charge in [-0.15, -0.1) is 0 Å². The summed E-state index contributed by atoms with van der Waals surface area (Å²) in [6.45, 7) is 0. The maximum Gasteiger partial charge on any atom is 0.326 e. The van der Waals surface area contributed by atoms with E-state index >= 15 is 0 Å². The maximum absolute atomic E-state index is 12.0. The fourth-order valence-electron chi connectivity index (χ4n) is 1.80. The van der Waals surface area contributed by atoms with Gasteiger partial charge in [-0.2, -0.15) is 0 Å². The number of hydrogen-bond donors (Lipinski definition) is 2. The highest BCUT2D eigenvalue weighted by atomic mass is 35.5. The first kappa shape index (κ1) is 15.0. The molecule has 1 heterocycles. The number of amides is 1. The van der Waals surface area contributed by atoms with Crippen molar-refractivity contribution in [1.82, 2.24) is 10.3 Å². The lowest BCUT2D eigenvalue weighted by Crippen LogP contribution is -2.42. The molecule has 0 aliphatic heterocycles. The molecular formula is C15H13ClN2O3. The highest BCUT2D eigenvalue weighted by molar-refractivity contribution is 6.29. The van der Waals surface area contributed by atoms with E-state index in [1.54, 1.807) is 0 Å². The van der Waals surface area contributed by atoms with E-state index in [-0.39, 0.29) is 17.1 Å². The zero-order chi connectivity index (χ0) is 15.2. The molecule has 5 nitrogen and oxygen atoms in total. The molecule has 0 fully saturated rings. The first-order valence-corrected chi connectivity index (χ1v) is 6.63. The lowest BCUT2D eigenvalue weighted by molar-refractivity contribution is -0.139. The summed E-state index contributed by atoms with van der Waals surface area (Å²) in [6.07, 6.45) is 1.52. The summed E-state index contributed by atoms with van der Waals surface area (Å²) in [5.41, 5.74) is 1.10. The molecule has 0 aliphatic carbocycles. The minimum Gasteiger partial charge on any atom is -0.480 e. The van der Waals surface area contributed by atoms with Crippen LogP contribution < -0.4 is 5.32 Å². The fourth-order valence-corrected chi connectivity index (χ4v) is 1.91. The van der Waals surface area contributed by atoms with Crippen LogP contribution in [0, 0.1) is 0 Å². The molecule has 0 unspecified atom stereocenters. The summed E-state index contributed by atoms with van der Waals surface area (Å²) in [7, 11) is 0. The number of carbonyl (C=O) groups excluding carboxylic acids is 1. The van der Waals surface area contributed by atoms with Gasteiger partial charge in [-0.3, -0.25) is 4.79 Å².